The Morgan fingerprint density at radius 1 is 1.33 bits per heavy atom. The van der Waals surface area contributed by atoms with Gasteiger partial charge in [-0.05, 0) is 37.5 Å². The van der Waals surface area contributed by atoms with Crippen molar-refractivity contribution >= 4 is 17.4 Å². The number of ketones is 1. The summed E-state index contributed by atoms with van der Waals surface area (Å²) < 4.78 is 0. The Hall–Kier alpha value is -0.820. The SMILES string of the molecule is CCC(CC)C(=O)c1cc(Cl)ccc1C. The van der Waals surface area contributed by atoms with E-state index in [1.54, 1.807) is 6.07 Å². The van der Waals surface area contributed by atoms with Crippen molar-refractivity contribution in [2.24, 2.45) is 5.92 Å². The van der Waals surface area contributed by atoms with Crippen molar-refractivity contribution in [2.75, 3.05) is 0 Å². The van der Waals surface area contributed by atoms with E-state index in [4.69, 9.17) is 11.6 Å². The van der Waals surface area contributed by atoms with Crippen LogP contribution in [0.15, 0.2) is 18.2 Å². The van der Waals surface area contributed by atoms with Gasteiger partial charge in [0.15, 0.2) is 5.78 Å². The number of carbonyl (C=O) groups is 1. The fraction of sp³-hybridized carbons (Fsp3) is 0.462. The van der Waals surface area contributed by atoms with E-state index in [1.165, 1.54) is 0 Å². The van der Waals surface area contributed by atoms with Gasteiger partial charge in [-0.3, -0.25) is 4.79 Å². The van der Waals surface area contributed by atoms with Gasteiger partial charge in [0.1, 0.15) is 0 Å². The van der Waals surface area contributed by atoms with Gasteiger partial charge in [0.2, 0.25) is 0 Å². The second-order valence-electron chi connectivity index (χ2n) is 3.84. The predicted molar refractivity (Wildman–Crippen MR) is 64.6 cm³/mol. The van der Waals surface area contributed by atoms with Crippen LogP contribution in [0.4, 0.5) is 0 Å². The van der Waals surface area contributed by atoms with Crippen LogP contribution in [0, 0.1) is 12.8 Å². The molecule has 0 bridgehead atoms. The average molecular weight is 225 g/mol. The van der Waals surface area contributed by atoms with E-state index in [9.17, 15) is 4.79 Å². The molecule has 0 amide bonds. The van der Waals surface area contributed by atoms with Gasteiger partial charge >= 0.3 is 0 Å². The molecule has 0 saturated heterocycles. The van der Waals surface area contributed by atoms with Crippen LogP contribution >= 0.6 is 11.6 Å². The number of rotatable bonds is 4. The van der Waals surface area contributed by atoms with Gasteiger partial charge in [-0.15, -0.1) is 0 Å². The zero-order valence-electron chi connectivity index (χ0n) is 9.51. The molecule has 15 heavy (non-hydrogen) atoms. The van der Waals surface area contributed by atoms with Gasteiger partial charge < -0.3 is 0 Å². The topological polar surface area (TPSA) is 17.1 Å². The molecule has 0 aromatic heterocycles. The molecular weight excluding hydrogens is 208 g/mol. The lowest BCUT2D eigenvalue weighted by atomic mass is 9.91. The van der Waals surface area contributed by atoms with Crippen LogP contribution in [0.1, 0.15) is 42.6 Å². The lowest BCUT2D eigenvalue weighted by molar-refractivity contribution is 0.0913. The first-order valence-electron chi connectivity index (χ1n) is 5.40. The van der Waals surface area contributed by atoms with Crippen LogP contribution in [0.3, 0.4) is 0 Å². The maximum atomic E-state index is 12.1. The van der Waals surface area contributed by atoms with Crippen molar-refractivity contribution in [3.8, 4) is 0 Å². The maximum Gasteiger partial charge on any atom is 0.166 e. The van der Waals surface area contributed by atoms with Crippen LogP contribution in [0.5, 0.6) is 0 Å². The fourth-order valence-electron chi connectivity index (χ4n) is 1.74. The summed E-state index contributed by atoms with van der Waals surface area (Å²) in [5, 5.41) is 0.634. The van der Waals surface area contributed by atoms with Crippen LogP contribution < -0.4 is 0 Å². The highest BCUT2D eigenvalue weighted by molar-refractivity contribution is 6.31. The Bertz CT molecular complexity index is 354. The van der Waals surface area contributed by atoms with Crippen LogP contribution in [-0.2, 0) is 0 Å². The number of carbonyl (C=O) groups excluding carboxylic acids is 1. The van der Waals surface area contributed by atoms with Crippen LogP contribution in [0.25, 0.3) is 0 Å². The molecule has 0 atom stereocenters. The highest BCUT2D eigenvalue weighted by Gasteiger charge is 2.18. The summed E-state index contributed by atoms with van der Waals surface area (Å²) in [6.45, 7) is 6.05. The summed E-state index contributed by atoms with van der Waals surface area (Å²) in [6.07, 6.45) is 1.78. The first-order chi connectivity index (χ1) is 7.10. The van der Waals surface area contributed by atoms with Gasteiger partial charge in [0.05, 0.1) is 0 Å². The molecular formula is C13H17ClO. The highest BCUT2D eigenvalue weighted by Crippen LogP contribution is 2.21. The van der Waals surface area contributed by atoms with Crippen molar-refractivity contribution in [1.29, 1.82) is 0 Å². The Balaban J connectivity index is 3.04. The molecule has 1 aromatic carbocycles. The zero-order chi connectivity index (χ0) is 11.4. The molecule has 0 N–H and O–H groups in total. The van der Waals surface area contributed by atoms with Crippen LogP contribution in [-0.4, -0.2) is 5.78 Å². The van der Waals surface area contributed by atoms with Gasteiger partial charge in [-0.2, -0.15) is 0 Å². The van der Waals surface area contributed by atoms with E-state index in [-0.39, 0.29) is 11.7 Å². The number of hydrogen-bond donors (Lipinski definition) is 0. The standard InChI is InChI=1S/C13H17ClO/c1-4-10(5-2)13(15)12-8-11(14)7-6-9(12)3/h6-8,10H,4-5H2,1-3H3. The number of halogens is 1. The third kappa shape index (κ3) is 2.82. The number of hydrogen-bond acceptors (Lipinski definition) is 1. The molecule has 0 spiro atoms. The molecule has 82 valence electrons. The lowest BCUT2D eigenvalue weighted by Gasteiger charge is -2.13. The van der Waals surface area contributed by atoms with E-state index < -0.39 is 0 Å². The minimum absolute atomic E-state index is 0.127. The third-order valence-electron chi connectivity index (χ3n) is 2.82. The molecule has 0 aliphatic heterocycles. The van der Waals surface area contributed by atoms with Crippen molar-refractivity contribution in [3.63, 3.8) is 0 Å². The fourth-order valence-corrected chi connectivity index (χ4v) is 1.91. The monoisotopic (exact) mass is 224 g/mol. The average Bonchev–Trinajstić information content (AvgIpc) is 2.23. The largest absolute Gasteiger partial charge is 0.294 e. The number of benzene rings is 1. The molecule has 0 fully saturated rings. The highest BCUT2D eigenvalue weighted by atomic mass is 35.5. The van der Waals surface area contributed by atoms with Gasteiger partial charge in [0.25, 0.3) is 0 Å². The van der Waals surface area contributed by atoms with Crippen molar-refractivity contribution in [2.45, 2.75) is 33.6 Å². The molecule has 0 radical (unpaired) electrons. The smallest absolute Gasteiger partial charge is 0.166 e. The van der Waals surface area contributed by atoms with E-state index in [2.05, 4.69) is 0 Å². The summed E-state index contributed by atoms with van der Waals surface area (Å²) in [5.41, 5.74) is 1.78. The Morgan fingerprint density at radius 3 is 2.47 bits per heavy atom. The predicted octanol–water partition coefficient (Wildman–Crippen LogP) is 4.27. The molecule has 0 saturated carbocycles. The van der Waals surface area contributed by atoms with Crippen LogP contribution in [0.2, 0.25) is 5.02 Å². The van der Waals surface area contributed by atoms with Gasteiger partial charge in [-0.25, -0.2) is 0 Å². The van der Waals surface area contributed by atoms with E-state index >= 15 is 0 Å². The third-order valence-corrected chi connectivity index (χ3v) is 3.06. The summed E-state index contributed by atoms with van der Waals surface area (Å²) in [6, 6.07) is 5.50. The summed E-state index contributed by atoms with van der Waals surface area (Å²) in [5.74, 6) is 0.349. The van der Waals surface area contributed by atoms with E-state index in [0.717, 1.165) is 24.0 Å². The first kappa shape index (κ1) is 12.3. The quantitative estimate of drug-likeness (QED) is 0.699. The Morgan fingerprint density at radius 2 is 1.93 bits per heavy atom. The van der Waals surface area contributed by atoms with E-state index in [1.807, 2.05) is 32.9 Å². The summed E-state index contributed by atoms with van der Waals surface area (Å²) in [7, 11) is 0. The van der Waals surface area contributed by atoms with Crippen molar-refractivity contribution < 1.29 is 4.79 Å². The molecule has 1 aromatic rings. The second kappa shape index (κ2) is 5.32. The molecule has 1 rings (SSSR count). The van der Waals surface area contributed by atoms with Crippen molar-refractivity contribution in [3.05, 3.63) is 34.3 Å². The number of aryl methyl sites for hydroxylation is 1. The lowest BCUT2D eigenvalue weighted by Crippen LogP contribution is -2.14. The minimum Gasteiger partial charge on any atom is -0.294 e. The molecule has 0 aliphatic carbocycles. The molecule has 0 unspecified atom stereocenters. The minimum atomic E-state index is 0.127. The normalized spacial score (nSPS) is 10.7. The number of Topliss-reactive ketones (excluding diaryl/α,β-unsaturated/α-hetero) is 1. The zero-order valence-corrected chi connectivity index (χ0v) is 10.3. The first-order valence-corrected chi connectivity index (χ1v) is 5.78. The molecule has 1 nitrogen and oxygen atoms in total. The second-order valence-corrected chi connectivity index (χ2v) is 4.27. The van der Waals surface area contributed by atoms with Crippen molar-refractivity contribution in [1.82, 2.24) is 0 Å². The summed E-state index contributed by atoms with van der Waals surface area (Å²) in [4.78, 5) is 12.1. The van der Waals surface area contributed by atoms with Gasteiger partial charge in [-0.1, -0.05) is 31.5 Å². The Kier molecular flexibility index (Phi) is 4.34. The van der Waals surface area contributed by atoms with Gasteiger partial charge in [0, 0.05) is 16.5 Å². The Labute approximate surface area is 96.5 Å². The maximum absolute atomic E-state index is 12.1. The van der Waals surface area contributed by atoms with E-state index in [0.29, 0.717) is 5.02 Å². The summed E-state index contributed by atoms with van der Waals surface area (Å²) >= 11 is 5.90. The molecule has 0 aliphatic rings. The molecule has 0 heterocycles. The molecule has 2 heteroatoms.